The smallest absolute Gasteiger partial charge is 0.139 e. The van der Waals surface area contributed by atoms with Gasteiger partial charge in [-0.1, -0.05) is 28.1 Å². The molecule has 1 fully saturated rings. The van der Waals surface area contributed by atoms with Gasteiger partial charge < -0.3 is 9.64 Å². The van der Waals surface area contributed by atoms with Crippen LogP contribution in [0.5, 0.6) is 5.75 Å². The molecule has 0 saturated carbocycles. The van der Waals surface area contributed by atoms with Crippen molar-refractivity contribution in [3.05, 3.63) is 58.8 Å². The molecule has 2 aromatic carbocycles. The van der Waals surface area contributed by atoms with Gasteiger partial charge in [0.25, 0.3) is 0 Å². The number of benzene rings is 2. The van der Waals surface area contributed by atoms with Gasteiger partial charge in [0.15, 0.2) is 0 Å². The molecule has 0 aliphatic carbocycles. The summed E-state index contributed by atoms with van der Waals surface area (Å²) in [5.74, 6) is 2.45. The second-order valence-electron chi connectivity index (χ2n) is 6.06. The van der Waals surface area contributed by atoms with E-state index in [9.17, 15) is 0 Å². The Bertz CT molecular complexity index is 866. The highest BCUT2D eigenvalue weighted by Gasteiger charge is 2.26. The van der Waals surface area contributed by atoms with Gasteiger partial charge in [0.05, 0.1) is 12.6 Å². The van der Waals surface area contributed by atoms with Crippen LogP contribution >= 0.6 is 15.9 Å². The standard InChI is InChI=1S/C19H18BrN3O/c1-24-16-5-2-13(3-6-16)14-8-9-23(11-14)19-17-10-15(20)4-7-18(17)21-12-22-19/h2-7,10,12,14H,8-9,11H2,1H3. The van der Waals surface area contributed by atoms with Gasteiger partial charge in [-0.15, -0.1) is 0 Å². The molecule has 2 heterocycles. The summed E-state index contributed by atoms with van der Waals surface area (Å²) in [6.45, 7) is 1.99. The summed E-state index contributed by atoms with van der Waals surface area (Å²) in [5.41, 5.74) is 2.34. The van der Waals surface area contributed by atoms with Gasteiger partial charge in [0.1, 0.15) is 17.9 Å². The predicted octanol–water partition coefficient (Wildman–Crippen LogP) is 4.39. The zero-order valence-electron chi connectivity index (χ0n) is 13.4. The minimum atomic E-state index is 0.521. The molecule has 1 atom stereocenters. The van der Waals surface area contributed by atoms with Crippen LogP contribution in [-0.4, -0.2) is 30.2 Å². The molecule has 1 aliphatic rings. The summed E-state index contributed by atoms with van der Waals surface area (Å²) >= 11 is 3.55. The molecule has 4 rings (SSSR count). The number of aromatic nitrogens is 2. The molecular formula is C19H18BrN3O. The van der Waals surface area contributed by atoms with Crippen molar-refractivity contribution >= 4 is 32.7 Å². The quantitative estimate of drug-likeness (QED) is 0.671. The van der Waals surface area contributed by atoms with E-state index in [0.29, 0.717) is 5.92 Å². The van der Waals surface area contributed by atoms with Crippen molar-refractivity contribution in [2.24, 2.45) is 0 Å². The number of hydrogen-bond acceptors (Lipinski definition) is 4. The molecule has 4 nitrogen and oxygen atoms in total. The highest BCUT2D eigenvalue weighted by molar-refractivity contribution is 9.10. The number of hydrogen-bond donors (Lipinski definition) is 0. The number of fused-ring (bicyclic) bond motifs is 1. The molecule has 0 radical (unpaired) electrons. The van der Waals surface area contributed by atoms with Crippen LogP contribution in [0.4, 0.5) is 5.82 Å². The molecule has 3 aromatic rings. The van der Waals surface area contributed by atoms with E-state index in [-0.39, 0.29) is 0 Å². The van der Waals surface area contributed by atoms with Crippen molar-refractivity contribution in [2.45, 2.75) is 12.3 Å². The number of nitrogens with zero attached hydrogens (tertiary/aromatic N) is 3. The zero-order valence-corrected chi connectivity index (χ0v) is 15.0. The van der Waals surface area contributed by atoms with Gasteiger partial charge in [0, 0.05) is 28.9 Å². The Morgan fingerprint density at radius 2 is 1.96 bits per heavy atom. The average molecular weight is 384 g/mol. The third-order valence-electron chi connectivity index (χ3n) is 4.65. The van der Waals surface area contributed by atoms with E-state index in [1.165, 1.54) is 5.56 Å². The highest BCUT2D eigenvalue weighted by Crippen LogP contribution is 2.34. The van der Waals surface area contributed by atoms with Gasteiger partial charge in [-0.05, 0) is 42.3 Å². The molecule has 0 bridgehead atoms. The Morgan fingerprint density at radius 1 is 1.12 bits per heavy atom. The number of ether oxygens (including phenoxy) is 1. The first-order valence-electron chi connectivity index (χ1n) is 8.04. The van der Waals surface area contributed by atoms with Crippen molar-refractivity contribution < 1.29 is 4.74 Å². The van der Waals surface area contributed by atoms with Gasteiger partial charge in [-0.2, -0.15) is 0 Å². The summed E-state index contributed by atoms with van der Waals surface area (Å²) in [6.07, 6.45) is 2.79. The molecule has 0 N–H and O–H groups in total. The van der Waals surface area contributed by atoms with Crippen molar-refractivity contribution in [3.63, 3.8) is 0 Å². The second kappa shape index (κ2) is 6.40. The summed E-state index contributed by atoms with van der Waals surface area (Å²) in [7, 11) is 1.70. The normalized spacial score (nSPS) is 17.4. The summed E-state index contributed by atoms with van der Waals surface area (Å²) in [4.78, 5) is 11.3. The van der Waals surface area contributed by atoms with Crippen molar-refractivity contribution in [3.8, 4) is 5.75 Å². The van der Waals surface area contributed by atoms with Crippen LogP contribution in [-0.2, 0) is 0 Å². The minimum Gasteiger partial charge on any atom is -0.497 e. The fourth-order valence-electron chi connectivity index (χ4n) is 3.37. The van der Waals surface area contributed by atoms with E-state index in [0.717, 1.165) is 46.5 Å². The van der Waals surface area contributed by atoms with Gasteiger partial charge >= 0.3 is 0 Å². The van der Waals surface area contributed by atoms with E-state index in [4.69, 9.17) is 4.74 Å². The topological polar surface area (TPSA) is 38.2 Å². The number of halogens is 1. The average Bonchev–Trinajstić information content (AvgIpc) is 3.11. The molecule has 122 valence electrons. The third kappa shape index (κ3) is 2.84. The molecule has 1 unspecified atom stereocenters. The van der Waals surface area contributed by atoms with Gasteiger partial charge in [0.2, 0.25) is 0 Å². The Kier molecular flexibility index (Phi) is 4.10. The number of methoxy groups -OCH3 is 1. The predicted molar refractivity (Wildman–Crippen MR) is 99.8 cm³/mol. The number of anilines is 1. The monoisotopic (exact) mass is 383 g/mol. The van der Waals surface area contributed by atoms with Crippen LogP contribution in [0.25, 0.3) is 10.9 Å². The molecule has 0 spiro atoms. The molecule has 5 heteroatoms. The van der Waals surface area contributed by atoms with E-state index in [1.54, 1.807) is 13.4 Å². The lowest BCUT2D eigenvalue weighted by molar-refractivity contribution is 0.414. The lowest BCUT2D eigenvalue weighted by Crippen LogP contribution is -2.20. The minimum absolute atomic E-state index is 0.521. The summed E-state index contributed by atoms with van der Waals surface area (Å²) in [5, 5.41) is 1.10. The van der Waals surface area contributed by atoms with Crippen molar-refractivity contribution in [1.82, 2.24) is 9.97 Å². The largest absolute Gasteiger partial charge is 0.497 e. The van der Waals surface area contributed by atoms with Crippen LogP contribution in [0.15, 0.2) is 53.3 Å². The van der Waals surface area contributed by atoms with Gasteiger partial charge in [-0.25, -0.2) is 9.97 Å². The van der Waals surface area contributed by atoms with Crippen LogP contribution in [0.1, 0.15) is 17.9 Å². The van der Waals surface area contributed by atoms with E-state index in [1.807, 2.05) is 24.3 Å². The molecule has 24 heavy (non-hydrogen) atoms. The summed E-state index contributed by atoms with van der Waals surface area (Å²) in [6, 6.07) is 14.6. The zero-order chi connectivity index (χ0) is 16.5. The van der Waals surface area contributed by atoms with E-state index >= 15 is 0 Å². The van der Waals surface area contributed by atoms with Crippen molar-refractivity contribution in [1.29, 1.82) is 0 Å². The first kappa shape index (κ1) is 15.4. The Morgan fingerprint density at radius 3 is 2.75 bits per heavy atom. The molecule has 0 amide bonds. The fraction of sp³-hybridized carbons (Fsp3) is 0.263. The Labute approximate surface area is 149 Å². The van der Waals surface area contributed by atoms with Crippen LogP contribution in [0.2, 0.25) is 0 Å². The third-order valence-corrected chi connectivity index (χ3v) is 5.14. The lowest BCUT2D eigenvalue weighted by atomic mass is 9.98. The SMILES string of the molecule is COc1ccc(C2CCN(c3ncnc4ccc(Br)cc34)C2)cc1. The first-order valence-corrected chi connectivity index (χ1v) is 8.83. The highest BCUT2D eigenvalue weighted by atomic mass is 79.9. The molecule has 1 aliphatic heterocycles. The lowest BCUT2D eigenvalue weighted by Gasteiger charge is -2.19. The van der Waals surface area contributed by atoms with Crippen LogP contribution in [0.3, 0.4) is 0 Å². The first-order chi connectivity index (χ1) is 11.7. The van der Waals surface area contributed by atoms with Crippen molar-refractivity contribution in [2.75, 3.05) is 25.1 Å². The van der Waals surface area contributed by atoms with E-state index < -0.39 is 0 Å². The van der Waals surface area contributed by atoms with Crippen LogP contribution in [0, 0.1) is 0 Å². The summed E-state index contributed by atoms with van der Waals surface area (Å²) < 4.78 is 6.30. The van der Waals surface area contributed by atoms with E-state index in [2.05, 4.69) is 49.0 Å². The Balaban J connectivity index is 1.61. The maximum atomic E-state index is 5.25. The maximum absolute atomic E-state index is 5.25. The fourth-order valence-corrected chi connectivity index (χ4v) is 3.73. The Hall–Kier alpha value is -2.14. The molecular weight excluding hydrogens is 366 g/mol. The molecule has 1 aromatic heterocycles. The molecule has 1 saturated heterocycles. The maximum Gasteiger partial charge on any atom is 0.139 e. The second-order valence-corrected chi connectivity index (χ2v) is 6.98. The van der Waals surface area contributed by atoms with Gasteiger partial charge in [-0.3, -0.25) is 0 Å². The number of rotatable bonds is 3. The van der Waals surface area contributed by atoms with Crippen LogP contribution < -0.4 is 9.64 Å².